The van der Waals surface area contributed by atoms with Gasteiger partial charge in [-0.1, -0.05) is 11.6 Å². The summed E-state index contributed by atoms with van der Waals surface area (Å²) in [4.78, 5) is 33.1. The van der Waals surface area contributed by atoms with Crippen molar-refractivity contribution in [2.45, 2.75) is 0 Å². The lowest BCUT2D eigenvalue weighted by Crippen LogP contribution is -2.20. The number of benzene rings is 1. The van der Waals surface area contributed by atoms with Crippen molar-refractivity contribution in [3.63, 3.8) is 0 Å². The normalized spacial score (nSPS) is 10.5. The van der Waals surface area contributed by atoms with Gasteiger partial charge in [-0.3, -0.25) is 14.9 Å². The molecule has 0 radical (unpaired) electrons. The molecule has 1 aromatic carbocycles. The van der Waals surface area contributed by atoms with Crippen molar-refractivity contribution in [2.24, 2.45) is 0 Å². The van der Waals surface area contributed by atoms with E-state index in [1.165, 1.54) is 25.3 Å². The van der Waals surface area contributed by atoms with Crippen molar-refractivity contribution in [3.8, 4) is 5.75 Å². The van der Waals surface area contributed by atoms with Gasteiger partial charge in [-0.15, -0.1) is 0 Å². The number of esters is 1. The summed E-state index contributed by atoms with van der Waals surface area (Å²) in [6.45, 7) is -0.523. The van der Waals surface area contributed by atoms with Crippen LogP contribution in [0.3, 0.4) is 0 Å². The zero-order valence-electron chi connectivity index (χ0n) is 13.4. The van der Waals surface area contributed by atoms with E-state index in [9.17, 15) is 19.7 Å². The summed E-state index contributed by atoms with van der Waals surface area (Å²) in [5, 5.41) is 13.3. The fourth-order valence-corrected chi connectivity index (χ4v) is 2.06. The number of anilines is 1. The average molecular weight is 381 g/mol. The van der Waals surface area contributed by atoms with E-state index in [1.54, 1.807) is 12.1 Å². The molecule has 0 aliphatic carbocycles. The predicted octanol–water partition coefficient (Wildman–Crippen LogP) is 3.04. The third kappa shape index (κ3) is 5.35. The summed E-state index contributed by atoms with van der Waals surface area (Å²) in [5.74, 6) is -1.27. The van der Waals surface area contributed by atoms with E-state index >= 15 is 0 Å². The molecule has 0 unspecified atom stereocenters. The van der Waals surface area contributed by atoms with Crippen LogP contribution in [-0.2, 0) is 14.3 Å². The first-order valence-electron chi connectivity index (χ1n) is 7.11. The predicted molar refractivity (Wildman–Crippen MR) is 92.0 cm³/mol. The molecule has 0 aliphatic heterocycles. The lowest BCUT2D eigenvalue weighted by molar-refractivity contribution is -0.402. The van der Waals surface area contributed by atoms with Gasteiger partial charge in [0.1, 0.15) is 16.4 Å². The molecule has 0 aliphatic rings. The number of hydrogen-bond donors (Lipinski definition) is 1. The Labute approximate surface area is 152 Å². The molecule has 1 amide bonds. The third-order valence-corrected chi connectivity index (χ3v) is 3.25. The Bertz CT molecular complexity index is 860. The van der Waals surface area contributed by atoms with E-state index in [2.05, 4.69) is 5.32 Å². The van der Waals surface area contributed by atoms with Crippen molar-refractivity contribution in [2.75, 3.05) is 19.0 Å². The molecular weight excluding hydrogens is 368 g/mol. The van der Waals surface area contributed by atoms with Crippen molar-refractivity contribution in [3.05, 3.63) is 57.3 Å². The van der Waals surface area contributed by atoms with Crippen LogP contribution < -0.4 is 10.1 Å². The van der Waals surface area contributed by atoms with Crippen molar-refractivity contribution >= 4 is 41.1 Å². The van der Waals surface area contributed by atoms with Gasteiger partial charge in [0.15, 0.2) is 6.61 Å². The second kappa shape index (κ2) is 8.67. The maximum atomic E-state index is 11.8. The number of nitrogens with one attached hydrogen (secondary N) is 1. The Kier molecular flexibility index (Phi) is 6.34. The fourth-order valence-electron chi connectivity index (χ4n) is 1.81. The largest absolute Gasteiger partial charge is 0.495 e. The number of hydrogen-bond acceptors (Lipinski definition) is 7. The van der Waals surface area contributed by atoms with E-state index in [4.69, 9.17) is 25.5 Å². The fraction of sp³-hybridized carbons (Fsp3) is 0.125. The molecule has 26 heavy (non-hydrogen) atoms. The summed E-state index contributed by atoms with van der Waals surface area (Å²) in [6, 6.07) is 7.12. The molecule has 0 saturated heterocycles. The number of rotatable bonds is 7. The molecule has 0 fully saturated rings. The topological polar surface area (TPSA) is 121 Å². The molecule has 2 aromatic rings. The molecule has 9 nitrogen and oxygen atoms in total. The van der Waals surface area contributed by atoms with Crippen LogP contribution in [0.5, 0.6) is 5.75 Å². The van der Waals surface area contributed by atoms with Crippen molar-refractivity contribution in [1.82, 2.24) is 0 Å². The molecule has 0 atom stereocenters. The number of nitro groups is 1. The molecule has 136 valence electrons. The van der Waals surface area contributed by atoms with Crippen LogP contribution >= 0.6 is 11.6 Å². The smallest absolute Gasteiger partial charge is 0.433 e. The number of furan rings is 1. The Hall–Kier alpha value is -3.33. The second-order valence-corrected chi connectivity index (χ2v) is 5.18. The van der Waals surface area contributed by atoms with E-state index in [1.807, 2.05) is 0 Å². The van der Waals surface area contributed by atoms with Crippen LogP contribution in [0, 0.1) is 10.1 Å². The van der Waals surface area contributed by atoms with Gasteiger partial charge in [-0.2, -0.15) is 0 Å². The molecule has 0 spiro atoms. The Morgan fingerprint density at radius 2 is 2.12 bits per heavy atom. The van der Waals surface area contributed by atoms with Crippen LogP contribution in [0.2, 0.25) is 5.02 Å². The quantitative estimate of drug-likeness (QED) is 0.339. The highest BCUT2D eigenvalue weighted by Gasteiger charge is 2.11. The Morgan fingerprint density at radius 3 is 2.73 bits per heavy atom. The summed E-state index contributed by atoms with van der Waals surface area (Å²) >= 11 is 5.94. The molecule has 1 aromatic heterocycles. The maximum absolute atomic E-state index is 11.8. The van der Waals surface area contributed by atoms with E-state index in [0.29, 0.717) is 16.5 Å². The number of carbonyl (C=O) groups is 2. The Morgan fingerprint density at radius 1 is 1.35 bits per heavy atom. The van der Waals surface area contributed by atoms with Gasteiger partial charge >= 0.3 is 11.9 Å². The van der Waals surface area contributed by atoms with Gasteiger partial charge in [0.2, 0.25) is 0 Å². The summed E-state index contributed by atoms with van der Waals surface area (Å²) in [7, 11) is 1.47. The number of amides is 1. The highest BCUT2D eigenvalue weighted by atomic mass is 35.5. The number of carbonyl (C=O) groups excluding carboxylic acids is 2. The number of nitrogens with zero attached hydrogens (tertiary/aromatic N) is 1. The van der Waals surface area contributed by atoms with Gasteiger partial charge in [-0.05, 0) is 30.3 Å². The molecule has 0 bridgehead atoms. The van der Waals surface area contributed by atoms with E-state index in [0.717, 1.165) is 12.1 Å². The number of ether oxygens (including phenoxy) is 2. The standard InChI is InChI=1S/C16H13ClN2O7/c1-24-13-5-2-10(8-12(13)17)18-14(20)9-25-16(21)7-4-11-3-6-15(26-11)19(22)23/h2-8H,9H2,1H3,(H,18,20)/b7-4+. The summed E-state index contributed by atoms with van der Waals surface area (Å²) in [6.07, 6.45) is 2.18. The molecule has 2 rings (SSSR count). The van der Waals surface area contributed by atoms with E-state index in [-0.39, 0.29) is 5.76 Å². The molecule has 0 saturated carbocycles. The summed E-state index contributed by atoms with van der Waals surface area (Å²) in [5.41, 5.74) is 0.412. The van der Waals surface area contributed by atoms with Crippen LogP contribution in [0.25, 0.3) is 6.08 Å². The minimum Gasteiger partial charge on any atom is -0.495 e. The van der Waals surface area contributed by atoms with Gasteiger partial charge in [-0.25, -0.2) is 4.79 Å². The lowest BCUT2D eigenvalue weighted by Gasteiger charge is -2.08. The van der Waals surface area contributed by atoms with Crippen LogP contribution in [0.1, 0.15) is 5.76 Å². The van der Waals surface area contributed by atoms with E-state index < -0.39 is 29.3 Å². The zero-order chi connectivity index (χ0) is 19.1. The molecule has 10 heteroatoms. The highest BCUT2D eigenvalue weighted by Crippen LogP contribution is 2.27. The average Bonchev–Trinajstić information content (AvgIpc) is 3.08. The molecule has 1 heterocycles. The SMILES string of the molecule is COc1ccc(NC(=O)COC(=O)/C=C/c2ccc([N+](=O)[O-])o2)cc1Cl. The van der Waals surface area contributed by atoms with Gasteiger partial charge < -0.3 is 19.2 Å². The first-order valence-corrected chi connectivity index (χ1v) is 7.49. The minimum atomic E-state index is -0.813. The lowest BCUT2D eigenvalue weighted by atomic mass is 10.3. The summed E-state index contributed by atoms with van der Waals surface area (Å²) < 4.78 is 14.6. The first kappa shape index (κ1) is 19.0. The Balaban J connectivity index is 1.82. The van der Waals surface area contributed by atoms with Crippen LogP contribution in [0.15, 0.2) is 40.8 Å². The maximum Gasteiger partial charge on any atom is 0.433 e. The molecular formula is C16H13ClN2O7. The highest BCUT2D eigenvalue weighted by molar-refractivity contribution is 6.32. The van der Waals surface area contributed by atoms with Gasteiger partial charge in [0.25, 0.3) is 5.91 Å². The van der Waals surface area contributed by atoms with Crippen LogP contribution in [-0.4, -0.2) is 30.5 Å². The monoisotopic (exact) mass is 380 g/mol. The van der Waals surface area contributed by atoms with Crippen molar-refractivity contribution in [1.29, 1.82) is 0 Å². The number of methoxy groups -OCH3 is 1. The van der Waals surface area contributed by atoms with Crippen LogP contribution in [0.4, 0.5) is 11.6 Å². The van der Waals surface area contributed by atoms with Crippen molar-refractivity contribution < 1.29 is 28.4 Å². The third-order valence-electron chi connectivity index (χ3n) is 2.96. The number of halogens is 1. The zero-order valence-corrected chi connectivity index (χ0v) is 14.2. The molecule has 1 N–H and O–H groups in total. The van der Waals surface area contributed by atoms with Gasteiger partial charge in [0, 0.05) is 11.8 Å². The first-order chi connectivity index (χ1) is 12.4. The van der Waals surface area contributed by atoms with Gasteiger partial charge in [0.05, 0.1) is 18.2 Å². The minimum absolute atomic E-state index is 0.103. The second-order valence-electron chi connectivity index (χ2n) is 4.77.